The first kappa shape index (κ1) is 26.4. The van der Waals surface area contributed by atoms with Gasteiger partial charge in [0.15, 0.2) is 0 Å². The van der Waals surface area contributed by atoms with Crippen molar-refractivity contribution in [3.63, 3.8) is 0 Å². The van der Waals surface area contributed by atoms with Gasteiger partial charge in [-0.15, -0.1) is 0 Å². The maximum Gasteiger partial charge on any atom is -0.00926 e. The molecule has 0 radical (unpaired) electrons. The third-order valence-corrected chi connectivity index (χ3v) is 9.44. The second-order valence-corrected chi connectivity index (χ2v) is 12.1. The Balaban J connectivity index is 1.37. The molecule has 0 aromatic heterocycles. The second-order valence-electron chi connectivity index (χ2n) is 12.1. The summed E-state index contributed by atoms with van der Waals surface area (Å²) in [6.07, 6.45) is 0. The molecule has 0 fully saturated rings. The van der Waals surface area contributed by atoms with Crippen molar-refractivity contribution in [2.45, 2.75) is 0 Å². The lowest BCUT2D eigenvalue weighted by Gasteiger charge is -2.20. The monoisotopic (exact) mass is 582 g/mol. The van der Waals surface area contributed by atoms with Gasteiger partial charge in [0, 0.05) is 0 Å². The summed E-state index contributed by atoms with van der Waals surface area (Å²) in [6, 6.07) is 66.7. The summed E-state index contributed by atoms with van der Waals surface area (Å²) in [5, 5.41) is 10.0. The molecule has 0 heterocycles. The Hall–Kier alpha value is -5.98. The number of rotatable bonds is 4. The third kappa shape index (κ3) is 4.38. The summed E-state index contributed by atoms with van der Waals surface area (Å²) < 4.78 is 0. The lowest BCUT2D eigenvalue weighted by Crippen LogP contribution is -1.93. The van der Waals surface area contributed by atoms with Crippen LogP contribution in [-0.4, -0.2) is 0 Å². The fourth-order valence-corrected chi connectivity index (χ4v) is 7.26. The Morgan fingerprint density at radius 1 is 0.174 bits per heavy atom. The van der Waals surface area contributed by atoms with Gasteiger partial charge >= 0.3 is 0 Å². The summed E-state index contributed by atoms with van der Waals surface area (Å²) >= 11 is 0. The lowest BCUT2D eigenvalue weighted by molar-refractivity contribution is 1.58. The van der Waals surface area contributed by atoms with Crippen LogP contribution in [0.1, 0.15) is 0 Å². The van der Waals surface area contributed by atoms with E-state index in [9.17, 15) is 0 Å². The van der Waals surface area contributed by atoms with Crippen molar-refractivity contribution in [3.8, 4) is 44.5 Å². The molecule has 0 aliphatic heterocycles. The third-order valence-electron chi connectivity index (χ3n) is 9.44. The standard InChI is InChI=1S/C46H30/c1-2-16-34-28-36-30-46(44-24-10-8-22-42(44)40-26-12-18-32-14-4-6-20-38(32)40)45(29-35(36)27-33(34)15-1)43-23-9-7-21-41(43)39-25-11-17-31-13-3-5-19-37(31)39/h1-30H. The summed E-state index contributed by atoms with van der Waals surface area (Å²) in [5.74, 6) is 0. The highest BCUT2D eigenvalue weighted by Gasteiger charge is 2.18. The van der Waals surface area contributed by atoms with Gasteiger partial charge < -0.3 is 0 Å². The van der Waals surface area contributed by atoms with Crippen LogP contribution in [0, 0.1) is 0 Å². The molecule has 0 aliphatic carbocycles. The van der Waals surface area contributed by atoms with Gasteiger partial charge in [-0.05, 0) is 112 Å². The van der Waals surface area contributed by atoms with Crippen LogP contribution in [0.25, 0.3) is 87.6 Å². The molecule has 9 rings (SSSR count). The fourth-order valence-electron chi connectivity index (χ4n) is 7.26. The normalized spacial score (nSPS) is 11.5. The van der Waals surface area contributed by atoms with Gasteiger partial charge in [0.1, 0.15) is 0 Å². The van der Waals surface area contributed by atoms with Crippen LogP contribution in [0.5, 0.6) is 0 Å². The van der Waals surface area contributed by atoms with E-state index in [0.717, 1.165) is 0 Å². The molecule has 0 atom stereocenters. The Bertz CT molecular complexity index is 2400. The van der Waals surface area contributed by atoms with Gasteiger partial charge in [-0.3, -0.25) is 0 Å². The SMILES string of the molecule is c1ccc(-c2cccc3ccccc23)c(-c2cc3cc4ccccc4cc3cc2-c2ccccc2-c2cccc3ccccc23)c1. The van der Waals surface area contributed by atoms with E-state index in [2.05, 4.69) is 182 Å². The average Bonchev–Trinajstić information content (AvgIpc) is 3.13. The van der Waals surface area contributed by atoms with Crippen LogP contribution >= 0.6 is 0 Å². The molecule has 46 heavy (non-hydrogen) atoms. The highest BCUT2D eigenvalue weighted by atomic mass is 14.2. The molecular formula is C46H30. The molecule has 0 saturated carbocycles. The highest BCUT2D eigenvalue weighted by Crippen LogP contribution is 2.45. The van der Waals surface area contributed by atoms with Gasteiger partial charge in [-0.2, -0.15) is 0 Å². The predicted octanol–water partition coefficient (Wildman–Crippen LogP) is 13.0. The minimum atomic E-state index is 1.23. The lowest BCUT2D eigenvalue weighted by atomic mass is 9.83. The first-order chi connectivity index (χ1) is 22.8. The van der Waals surface area contributed by atoms with E-state index in [1.807, 2.05) is 0 Å². The molecule has 0 bridgehead atoms. The van der Waals surface area contributed by atoms with Gasteiger partial charge in [0.05, 0.1) is 0 Å². The smallest absolute Gasteiger partial charge is 0.00926 e. The minimum absolute atomic E-state index is 1.23. The Kier molecular flexibility index (Phi) is 6.25. The maximum atomic E-state index is 2.42. The molecule has 0 spiro atoms. The van der Waals surface area contributed by atoms with Crippen LogP contribution in [0.4, 0.5) is 0 Å². The van der Waals surface area contributed by atoms with Crippen molar-refractivity contribution in [2.24, 2.45) is 0 Å². The van der Waals surface area contributed by atoms with Gasteiger partial charge in [0.25, 0.3) is 0 Å². The van der Waals surface area contributed by atoms with Crippen molar-refractivity contribution >= 4 is 43.1 Å². The van der Waals surface area contributed by atoms with Crippen LogP contribution in [0.2, 0.25) is 0 Å². The average molecular weight is 583 g/mol. The topological polar surface area (TPSA) is 0 Å². The zero-order chi connectivity index (χ0) is 30.5. The van der Waals surface area contributed by atoms with Crippen molar-refractivity contribution in [1.29, 1.82) is 0 Å². The summed E-state index contributed by atoms with van der Waals surface area (Å²) in [7, 11) is 0. The second kappa shape index (κ2) is 10.9. The molecule has 9 aromatic carbocycles. The maximum absolute atomic E-state index is 2.42. The fraction of sp³-hybridized carbons (Fsp3) is 0. The van der Waals surface area contributed by atoms with E-state index in [1.165, 1.54) is 87.6 Å². The summed E-state index contributed by atoms with van der Waals surface area (Å²) in [5.41, 5.74) is 9.92. The highest BCUT2D eigenvalue weighted by molar-refractivity contribution is 6.09. The van der Waals surface area contributed by atoms with Crippen LogP contribution in [0.15, 0.2) is 182 Å². The number of benzene rings is 9. The van der Waals surface area contributed by atoms with Gasteiger partial charge in [0.2, 0.25) is 0 Å². The first-order valence-corrected chi connectivity index (χ1v) is 15.9. The zero-order valence-electron chi connectivity index (χ0n) is 25.3. The van der Waals surface area contributed by atoms with E-state index < -0.39 is 0 Å². The van der Waals surface area contributed by atoms with Crippen LogP contribution in [0.3, 0.4) is 0 Å². The summed E-state index contributed by atoms with van der Waals surface area (Å²) in [6.45, 7) is 0. The molecule has 214 valence electrons. The van der Waals surface area contributed by atoms with E-state index in [1.54, 1.807) is 0 Å². The molecule has 0 amide bonds. The number of hydrogen-bond donors (Lipinski definition) is 0. The predicted molar refractivity (Wildman–Crippen MR) is 198 cm³/mol. The molecule has 0 nitrogen and oxygen atoms in total. The largest absolute Gasteiger partial charge is 0.0616 e. The Labute approximate surface area is 268 Å². The zero-order valence-corrected chi connectivity index (χ0v) is 25.3. The molecular weight excluding hydrogens is 553 g/mol. The Morgan fingerprint density at radius 3 is 0.913 bits per heavy atom. The van der Waals surface area contributed by atoms with Gasteiger partial charge in [-0.1, -0.05) is 158 Å². The van der Waals surface area contributed by atoms with Crippen LogP contribution in [-0.2, 0) is 0 Å². The van der Waals surface area contributed by atoms with Crippen LogP contribution < -0.4 is 0 Å². The number of hydrogen-bond acceptors (Lipinski definition) is 0. The molecule has 0 saturated heterocycles. The minimum Gasteiger partial charge on any atom is -0.0616 e. The summed E-state index contributed by atoms with van der Waals surface area (Å²) in [4.78, 5) is 0. The number of fused-ring (bicyclic) bond motifs is 4. The van der Waals surface area contributed by atoms with Crippen molar-refractivity contribution < 1.29 is 0 Å². The van der Waals surface area contributed by atoms with E-state index in [-0.39, 0.29) is 0 Å². The van der Waals surface area contributed by atoms with Crippen molar-refractivity contribution in [2.75, 3.05) is 0 Å². The molecule has 0 heteroatoms. The molecule has 0 aliphatic rings. The quantitative estimate of drug-likeness (QED) is 0.181. The molecule has 9 aromatic rings. The van der Waals surface area contributed by atoms with Gasteiger partial charge in [-0.25, -0.2) is 0 Å². The molecule has 0 unspecified atom stereocenters. The van der Waals surface area contributed by atoms with Crippen molar-refractivity contribution in [3.05, 3.63) is 182 Å². The first-order valence-electron chi connectivity index (χ1n) is 15.9. The van der Waals surface area contributed by atoms with E-state index >= 15 is 0 Å². The van der Waals surface area contributed by atoms with Crippen molar-refractivity contribution in [1.82, 2.24) is 0 Å². The molecule has 0 N–H and O–H groups in total. The van der Waals surface area contributed by atoms with E-state index in [4.69, 9.17) is 0 Å². The Morgan fingerprint density at radius 2 is 0.478 bits per heavy atom. The van der Waals surface area contributed by atoms with E-state index in [0.29, 0.717) is 0 Å².